The summed E-state index contributed by atoms with van der Waals surface area (Å²) in [7, 11) is 1.90. The van der Waals surface area contributed by atoms with E-state index in [9.17, 15) is 4.79 Å². The molecule has 0 aliphatic heterocycles. The third-order valence-electron chi connectivity index (χ3n) is 5.62. The van der Waals surface area contributed by atoms with Gasteiger partial charge in [0.05, 0.1) is 17.1 Å². The second-order valence-corrected chi connectivity index (χ2v) is 9.32. The van der Waals surface area contributed by atoms with Gasteiger partial charge in [0.1, 0.15) is 0 Å². The van der Waals surface area contributed by atoms with Crippen molar-refractivity contribution in [1.82, 2.24) is 13.9 Å². The highest BCUT2D eigenvalue weighted by Crippen LogP contribution is 2.27. The number of nitrogens with zero attached hydrogens (tertiary/aromatic N) is 4. The lowest BCUT2D eigenvalue weighted by atomic mass is 10.1. The van der Waals surface area contributed by atoms with Gasteiger partial charge in [0.15, 0.2) is 10.5 Å². The molecule has 0 saturated heterocycles. The lowest BCUT2D eigenvalue weighted by Crippen LogP contribution is -2.21. The molecule has 7 heteroatoms. The minimum atomic E-state index is -0.112. The third kappa shape index (κ3) is 4.00. The molecule has 0 aliphatic carbocycles. The zero-order valence-electron chi connectivity index (χ0n) is 18.0. The summed E-state index contributed by atoms with van der Waals surface area (Å²) in [6.07, 6.45) is 0.965. The second-order valence-electron chi connectivity index (χ2n) is 7.56. The highest BCUT2D eigenvalue weighted by molar-refractivity contribution is 9.10. The van der Waals surface area contributed by atoms with Gasteiger partial charge in [-0.15, -0.1) is 11.3 Å². The Morgan fingerprint density at radius 1 is 1.13 bits per heavy atom. The van der Waals surface area contributed by atoms with Gasteiger partial charge in [-0.25, -0.2) is 9.67 Å². The smallest absolute Gasteiger partial charge is 0.297 e. The topological polar surface area (TPSA) is 44.2 Å². The molecule has 0 N–H and O–H groups in total. The normalized spacial score (nSPS) is 13.0. The molecule has 0 aliphatic rings. The van der Waals surface area contributed by atoms with Crippen molar-refractivity contribution in [3.05, 3.63) is 85.3 Å². The van der Waals surface area contributed by atoms with Gasteiger partial charge >= 0.3 is 0 Å². The first kappa shape index (κ1) is 21.6. The summed E-state index contributed by atoms with van der Waals surface area (Å²) in [5, 5.41) is 2.13. The third-order valence-corrected chi connectivity index (χ3v) is 6.96. The standard InChI is InChI=1S/C24H25BrN4OS/c1-5-16(2)28-21(18-10-9-11-19(25)14-18)15-31-24(28)26-22-17(3)27(4)29(23(22)30)20-12-7-6-8-13-20/h6-16H,5H2,1-4H3. The van der Waals surface area contributed by atoms with Crippen LogP contribution in [0, 0.1) is 6.92 Å². The predicted octanol–water partition coefficient (Wildman–Crippen LogP) is 5.98. The van der Waals surface area contributed by atoms with Crippen LogP contribution in [0.1, 0.15) is 32.0 Å². The molecule has 160 valence electrons. The van der Waals surface area contributed by atoms with Crippen LogP contribution in [-0.4, -0.2) is 13.9 Å². The van der Waals surface area contributed by atoms with Crippen LogP contribution < -0.4 is 10.4 Å². The highest BCUT2D eigenvalue weighted by atomic mass is 79.9. The molecule has 5 nitrogen and oxygen atoms in total. The van der Waals surface area contributed by atoms with Crippen LogP contribution in [-0.2, 0) is 7.05 Å². The first-order valence-corrected chi connectivity index (χ1v) is 11.9. The molecule has 0 saturated carbocycles. The van der Waals surface area contributed by atoms with E-state index in [2.05, 4.69) is 51.9 Å². The largest absolute Gasteiger partial charge is 0.314 e. The zero-order valence-corrected chi connectivity index (χ0v) is 20.4. The maximum Gasteiger partial charge on any atom is 0.297 e. The molecule has 0 spiro atoms. The molecule has 4 rings (SSSR count). The maximum absolute atomic E-state index is 13.3. The average Bonchev–Trinajstić information content (AvgIpc) is 3.29. The summed E-state index contributed by atoms with van der Waals surface area (Å²) in [4.78, 5) is 19.1. The van der Waals surface area contributed by atoms with Crippen LogP contribution >= 0.6 is 27.3 Å². The fraction of sp³-hybridized carbons (Fsp3) is 0.250. The number of halogens is 1. The molecule has 2 aromatic heterocycles. The Kier molecular flexibility index (Phi) is 6.16. The summed E-state index contributed by atoms with van der Waals surface area (Å²) in [6.45, 7) is 6.30. The van der Waals surface area contributed by atoms with Crippen LogP contribution in [0.4, 0.5) is 5.69 Å². The monoisotopic (exact) mass is 496 g/mol. The molecule has 0 radical (unpaired) electrons. The molecule has 0 bridgehead atoms. The Morgan fingerprint density at radius 3 is 2.55 bits per heavy atom. The molecule has 2 aromatic carbocycles. The van der Waals surface area contributed by atoms with Gasteiger partial charge in [-0.05, 0) is 44.5 Å². The van der Waals surface area contributed by atoms with Gasteiger partial charge in [-0.1, -0.05) is 53.2 Å². The minimum absolute atomic E-state index is 0.112. The lowest BCUT2D eigenvalue weighted by Gasteiger charge is -2.15. The van der Waals surface area contributed by atoms with Crippen molar-refractivity contribution in [2.24, 2.45) is 12.0 Å². The van der Waals surface area contributed by atoms with Gasteiger partial charge in [0.2, 0.25) is 0 Å². The molecule has 4 aromatic rings. The van der Waals surface area contributed by atoms with E-state index in [0.29, 0.717) is 5.69 Å². The molecule has 1 atom stereocenters. The van der Waals surface area contributed by atoms with Crippen molar-refractivity contribution >= 4 is 33.0 Å². The summed E-state index contributed by atoms with van der Waals surface area (Å²) in [5.74, 6) is 0. The van der Waals surface area contributed by atoms with E-state index in [1.807, 2.05) is 61.1 Å². The summed E-state index contributed by atoms with van der Waals surface area (Å²) >= 11 is 5.14. The lowest BCUT2D eigenvalue weighted by molar-refractivity contribution is 0.524. The van der Waals surface area contributed by atoms with E-state index in [0.717, 1.165) is 38.3 Å². The van der Waals surface area contributed by atoms with Crippen molar-refractivity contribution in [3.63, 3.8) is 0 Å². The second kappa shape index (κ2) is 8.85. The van der Waals surface area contributed by atoms with Gasteiger partial charge < -0.3 is 4.57 Å². The molecule has 0 amide bonds. The molecule has 1 unspecified atom stereocenters. The fourth-order valence-corrected chi connectivity index (χ4v) is 5.05. The fourth-order valence-electron chi connectivity index (χ4n) is 3.65. The minimum Gasteiger partial charge on any atom is -0.314 e. The SMILES string of the molecule is CCC(C)n1c(-c2cccc(Br)c2)csc1=Nc1c(C)n(C)n(-c2ccccc2)c1=O. The Bertz CT molecular complexity index is 1340. The van der Waals surface area contributed by atoms with Crippen molar-refractivity contribution in [3.8, 4) is 16.9 Å². The Hall–Kier alpha value is -2.64. The number of thiazole rings is 1. The van der Waals surface area contributed by atoms with E-state index in [-0.39, 0.29) is 11.6 Å². The van der Waals surface area contributed by atoms with Crippen LogP contribution in [0.15, 0.2) is 74.2 Å². The molecular formula is C24H25BrN4OS. The van der Waals surface area contributed by atoms with Crippen molar-refractivity contribution in [2.75, 3.05) is 0 Å². The van der Waals surface area contributed by atoms with Crippen LogP contribution in [0.25, 0.3) is 16.9 Å². The van der Waals surface area contributed by atoms with Crippen LogP contribution in [0.2, 0.25) is 0 Å². The number of para-hydroxylation sites is 1. The molecule has 2 heterocycles. The van der Waals surface area contributed by atoms with E-state index in [1.54, 1.807) is 16.0 Å². The van der Waals surface area contributed by atoms with Crippen molar-refractivity contribution < 1.29 is 0 Å². The van der Waals surface area contributed by atoms with E-state index < -0.39 is 0 Å². The maximum atomic E-state index is 13.3. The van der Waals surface area contributed by atoms with E-state index in [4.69, 9.17) is 4.99 Å². The van der Waals surface area contributed by atoms with Gasteiger partial charge in [-0.3, -0.25) is 9.48 Å². The van der Waals surface area contributed by atoms with Crippen molar-refractivity contribution in [1.29, 1.82) is 0 Å². The Morgan fingerprint density at radius 2 is 1.87 bits per heavy atom. The van der Waals surface area contributed by atoms with Crippen LogP contribution in [0.3, 0.4) is 0 Å². The Labute approximate surface area is 194 Å². The first-order chi connectivity index (χ1) is 14.9. The van der Waals surface area contributed by atoms with Gasteiger partial charge in [-0.2, -0.15) is 0 Å². The summed E-state index contributed by atoms with van der Waals surface area (Å²) < 4.78 is 6.82. The zero-order chi connectivity index (χ0) is 22.1. The molecule has 0 fully saturated rings. The van der Waals surface area contributed by atoms with Gasteiger partial charge in [0.25, 0.3) is 5.56 Å². The average molecular weight is 497 g/mol. The molecule has 31 heavy (non-hydrogen) atoms. The summed E-state index contributed by atoms with van der Waals surface area (Å²) in [6, 6.07) is 18.2. The Balaban J connectivity index is 1.94. The first-order valence-electron chi connectivity index (χ1n) is 10.3. The van der Waals surface area contributed by atoms with E-state index in [1.165, 1.54) is 0 Å². The van der Waals surface area contributed by atoms with Crippen LogP contribution in [0.5, 0.6) is 0 Å². The molecular weight excluding hydrogens is 472 g/mol. The number of hydrogen-bond donors (Lipinski definition) is 0. The van der Waals surface area contributed by atoms with E-state index >= 15 is 0 Å². The highest BCUT2D eigenvalue weighted by Gasteiger charge is 2.18. The number of hydrogen-bond acceptors (Lipinski definition) is 3. The quantitative estimate of drug-likeness (QED) is 0.335. The van der Waals surface area contributed by atoms with Gasteiger partial charge in [0, 0.05) is 28.5 Å². The van der Waals surface area contributed by atoms with Crippen molar-refractivity contribution in [2.45, 2.75) is 33.2 Å². The number of aromatic nitrogens is 3. The number of benzene rings is 2. The predicted molar refractivity (Wildman–Crippen MR) is 131 cm³/mol. The number of rotatable bonds is 5. The summed E-state index contributed by atoms with van der Waals surface area (Å²) in [5.41, 5.74) is 4.26.